The van der Waals surface area contributed by atoms with Gasteiger partial charge in [0.25, 0.3) is 0 Å². The lowest BCUT2D eigenvalue weighted by atomic mass is 9.82. The van der Waals surface area contributed by atoms with Gasteiger partial charge in [-0.2, -0.15) is 0 Å². The Morgan fingerprint density at radius 1 is 0.724 bits per heavy atom. The fraction of sp³-hybridized carbons (Fsp3) is 0.250. The van der Waals surface area contributed by atoms with Crippen molar-refractivity contribution in [2.75, 3.05) is 0 Å². The van der Waals surface area contributed by atoms with Crippen LogP contribution in [0.1, 0.15) is 27.7 Å². The Kier molecular flexibility index (Phi) is 3.86. The minimum Gasteiger partial charge on any atom is -0.456 e. The van der Waals surface area contributed by atoms with E-state index in [1.54, 1.807) is 13.8 Å². The summed E-state index contributed by atoms with van der Waals surface area (Å²) in [5, 5.41) is 14.6. The van der Waals surface area contributed by atoms with Gasteiger partial charge in [-0.1, -0.05) is 35.8 Å². The largest absolute Gasteiger partial charge is 0.456 e. The van der Waals surface area contributed by atoms with Crippen molar-refractivity contribution in [3.05, 3.63) is 54.6 Å². The minimum absolute atomic E-state index is 0.413. The summed E-state index contributed by atoms with van der Waals surface area (Å²) in [6, 6.07) is 18.3. The molecular formula is C24H23BO4. The van der Waals surface area contributed by atoms with E-state index >= 15 is 0 Å². The molecule has 0 saturated heterocycles. The first kappa shape index (κ1) is 18.3. The van der Waals surface area contributed by atoms with Gasteiger partial charge in [-0.15, -0.1) is 0 Å². The first-order valence-electron chi connectivity index (χ1n) is 9.86. The van der Waals surface area contributed by atoms with Crippen LogP contribution in [0.3, 0.4) is 0 Å². The maximum Gasteiger partial charge on any atom is 0.309 e. The Balaban J connectivity index is 1.60. The fourth-order valence-corrected chi connectivity index (χ4v) is 3.57. The zero-order chi connectivity index (χ0) is 20.4. The molecule has 0 radical (unpaired) electrons. The molecule has 1 N–H and O–H groups in total. The highest BCUT2D eigenvalue weighted by Gasteiger charge is 2.35. The SMILES string of the molecule is CC(C)(O)C(C)(C)OBc1ccc2oc3cc4oc5ccccc5c4cc3c2c1. The van der Waals surface area contributed by atoms with Crippen molar-refractivity contribution < 1.29 is 18.6 Å². The van der Waals surface area contributed by atoms with E-state index in [1.165, 1.54) is 0 Å². The van der Waals surface area contributed by atoms with Crippen LogP contribution in [0.4, 0.5) is 0 Å². The Bertz CT molecular complexity index is 1370. The average Bonchev–Trinajstić information content (AvgIpc) is 3.20. The van der Waals surface area contributed by atoms with Crippen LogP contribution in [0.5, 0.6) is 0 Å². The number of hydrogen-bond donors (Lipinski definition) is 1. The van der Waals surface area contributed by atoms with Gasteiger partial charge in [0.1, 0.15) is 22.3 Å². The van der Waals surface area contributed by atoms with Crippen molar-refractivity contribution in [3.8, 4) is 0 Å². The highest BCUT2D eigenvalue weighted by Crippen LogP contribution is 2.36. The monoisotopic (exact) mass is 386 g/mol. The number of benzene rings is 3. The molecular weight excluding hydrogens is 363 g/mol. The van der Waals surface area contributed by atoms with E-state index in [-0.39, 0.29) is 0 Å². The first-order chi connectivity index (χ1) is 13.7. The normalized spacial score (nSPS) is 13.1. The third kappa shape index (κ3) is 2.93. The summed E-state index contributed by atoms with van der Waals surface area (Å²) in [7, 11) is 0.413. The van der Waals surface area contributed by atoms with Crippen LogP contribution in [0.25, 0.3) is 43.9 Å². The van der Waals surface area contributed by atoms with Crippen LogP contribution in [0.15, 0.2) is 63.4 Å². The molecule has 0 saturated carbocycles. The second kappa shape index (κ2) is 6.12. The van der Waals surface area contributed by atoms with E-state index in [4.69, 9.17) is 13.5 Å². The Morgan fingerprint density at radius 2 is 1.34 bits per heavy atom. The Morgan fingerprint density at radius 3 is 2.07 bits per heavy atom. The summed E-state index contributed by atoms with van der Waals surface area (Å²) in [5.74, 6) is 0. The molecule has 4 nitrogen and oxygen atoms in total. The first-order valence-corrected chi connectivity index (χ1v) is 9.86. The van der Waals surface area contributed by atoms with Gasteiger partial charge in [0.2, 0.25) is 0 Å². The molecule has 0 aliphatic rings. The van der Waals surface area contributed by atoms with Gasteiger partial charge in [-0.3, -0.25) is 0 Å². The molecule has 29 heavy (non-hydrogen) atoms. The molecule has 0 aliphatic carbocycles. The molecule has 5 rings (SSSR count). The van der Waals surface area contributed by atoms with Gasteiger partial charge in [0, 0.05) is 27.6 Å². The second-order valence-corrected chi connectivity index (χ2v) is 8.73. The molecule has 0 fully saturated rings. The standard InChI is InChI=1S/C24H23BO4/c1-23(2,26)24(3,4)29-25-14-9-10-20-16(11-14)18-12-17-15-7-5-6-8-19(15)27-21(17)13-22(18)28-20/h5-13,25-26H,1-4H3. The summed E-state index contributed by atoms with van der Waals surface area (Å²) in [6.45, 7) is 7.33. The molecule has 146 valence electrons. The molecule has 0 aliphatic heterocycles. The average molecular weight is 386 g/mol. The summed E-state index contributed by atoms with van der Waals surface area (Å²) < 4.78 is 18.1. The zero-order valence-electron chi connectivity index (χ0n) is 17.1. The number of rotatable bonds is 4. The zero-order valence-corrected chi connectivity index (χ0v) is 17.1. The van der Waals surface area contributed by atoms with Crippen molar-refractivity contribution >= 4 is 56.8 Å². The lowest BCUT2D eigenvalue weighted by Gasteiger charge is -2.37. The van der Waals surface area contributed by atoms with Gasteiger partial charge in [-0.05, 0) is 45.9 Å². The minimum atomic E-state index is -0.937. The fourth-order valence-electron chi connectivity index (χ4n) is 3.57. The lowest BCUT2D eigenvalue weighted by molar-refractivity contribution is -0.0893. The number of aliphatic hydroxyl groups is 1. The summed E-state index contributed by atoms with van der Waals surface area (Å²) in [5.41, 5.74) is 2.78. The van der Waals surface area contributed by atoms with Crippen LogP contribution >= 0.6 is 0 Å². The van der Waals surface area contributed by atoms with E-state index in [1.807, 2.05) is 50.2 Å². The maximum absolute atomic E-state index is 10.3. The predicted molar refractivity (Wildman–Crippen MR) is 119 cm³/mol. The second-order valence-electron chi connectivity index (χ2n) is 8.73. The van der Waals surface area contributed by atoms with Crippen LogP contribution in [0, 0.1) is 0 Å². The van der Waals surface area contributed by atoms with Crippen LogP contribution < -0.4 is 5.46 Å². The molecule has 5 aromatic rings. The highest BCUT2D eigenvalue weighted by atomic mass is 16.5. The molecule has 3 aromatic carbocycles. The Labute approximate surface area is 169 Å². The predicted octanol–water partition coefficient (Wildman–Crippen LogP) is 5.03. The molecule has 0 spiro atoms. The smallest absolute Gasteiger partial charge is 0.309 e. The molecule has 2 aromatic heterocycles. The quantitative estimate of drug-likeness (QED) is 0.440. The van der Waals surface area contributed by atoms with Crippen LogP contribution in [-0.4, -0.2) is 23.8 Å². The lowest BCUT2D eigenvalue weighted by Crippen LogP contribution is -2.49. The van der Waals surface area contributed by atoms with Crippen molar-refractivity contribution in [1.29, 1.82) is 0 Å². The van der Waals surface area contributed by atoms with Crippen molar-refractivity contribution in [2.45, 2.75) is 38.9 Å². The number of fused-ring (bicyclic) bond motifs is 6. The molecule has 0 amide bonds. The highest BCUT2D eigenvalue weighted by molar-refractivity contribution is 6.47. The van der Waals surface area contributed by atoms with Crippen molar-refractivity contribution in [3.63, 3.8) is 0 Å². The molecule has 2 heterocycles. The topological polar surface area (TPSA) is 55.7 Å². The third-order valence-electron chi connectivity index (χ3n) is 6.11. The number of hydrogen-bond acceptors (Lipinski definition) is 4. The van der Waals surface area contributed by atoms with Crippen molar-refractivity contribution in [1.82, 2.24) is 0 Å². The molecule has 0 atom stereocenters. The molecule has 0 bridgehead atoms. The summed E-state index contributed by atoms with van der Waals surface area (Å²) in [4.78, 5) is 0. The van der Waals surface area contributed by atoms with Gasteiger partial charge >= 0.3 is 7.48 Å². The van der Waals surface area contributed by atoms with Gasteiger partial charge < -0.3 is 18.6 Å². The van der Waals surface area contributed by atoms with Gasteiger partial charge in [0.15, 0.2) is 0 Å². The molecule has 5 heteroatoms. The number of para-hydroxylation sites is 1. The maximum atomic E-state index is 10.3. The van der Waals surface area contributed by atoms with Crippen molar-refractivity contribution in [2.24, 2.45) is 0 Å². The van der Waals surface area contributed by atoms with Crippen LogP contribution in [0.2, 0.25) is 0 Å². The Hall–Kier alpha value is -2.76. The van der Waals surface area contributed by atoms with Gasteiger partial charge in [-0.25, -0.2) is 0 Å². The van der Waals surface area contributed by atoms with E-state index in [0.29, 0.717) is 7.48 Å². The van der Waals surface area contributed by atoms with Gasteiger partial charge in [0.05, 0.1) is 11.2 Å². The molecule has 0 unspecified atom stereocenters. The van der Waals surface area contributed by atoms with Crippen LogP contribution in [-0.2, 0) is 4.65 Å². The van der Waals surface area contributed by atoms with E-state index in [2.05, 4.69) is 18.2 Å². The summed E-state index contributed by atoms with van der Waals surface area (Å²) in [6.07, 6.45) is 0. The summed E-state index contributed by atoms with van der Waals surface area (Å²) >= 11 is 0. The van der Waals surface area contributed by atoms with E-state index in [0.717, 1.165) is 49.3 Å². The van der Waals surface area contributed by atoms with E-state index < -0.39 is 11.2 Å². The van der Waals surface area contributed by atoms with E-state index in [9.17, 15) is 5.11 Å². The number of furan rings is 2. The third-order valence-corrected chi connectivity index (χ3v) is 6.11.